The summed E-state index contributed by atoms with van der Waals surface area (Å²) >= 11 is 0. The molecule has 9 heteroatoms. The zero-order valence-electron chi connectivity index (χ0n) is 16.0. The number of rotatable bonds is 9. The number of nitro groups is 1. The highest BCUT2D eigenvalue weighted by atomic mass is 16.6. The van der Waals surface area contributed by atoms with E-state index in [4.69, 9.17) is 4.74 Å². The van der Waals surface area contributed by atoms with Crippen molar-refractivity contribution >= 4 is 11.7 Å². The molecule has 0 saturated heterocycles. The Balaban J connectivity index is 1.91. The van der Waals surface area contributed by atoms with Crippen LogP contribution in [0.15, 0.2) is 30.5 Å². The highest BCUT2D eigenvalue weighted by Gasteiger charge is 2.17. The lowest BCUT2D eigenvalue weighted by Crippen LogP contribution is -2.34. The Bertz CT molecular complexity index is 786. The Morgan fingerprint density at radius 2 is 2.04 bits per heavy atom. The van der Waals surface area contributed by atoms with E-state index in [9.17, 15) is 14.9 Å². The quantitative estimate of drug-likeness (QED) is 0.531. The van der Waals surface area contributed by atoms with Crippen molar-refractivity contribution in [2.24, 2.45) is 0 Å². The maximum absolute atomic E-state index is 12.2. The van der Waals surface area contributed by atoms with Crippen LogP contribution >= 0.6 is 0 Å². The monoisotopic (exact) mass is 375 g/mol. The summed E-state index contributed by atoms with van der Waals surface area (Å²) in [5, 5.41) is 13.7. The van der Waals surface area contributed by atoms with E-state index in [0.29, 0.717) is 18.9 Å². The molecule has 146 valence electrons. The Labute approximate surface area is 158 Å². The van der Waals surface area contributed by atoms with Gasteiger partial charge in [0.05, 0.1) is 13.2 Å². The molecule has 1 N–H and O–H groups in total. The second kappa shape index (κ2) is 9.13. The van der Waals surface area contributed by atoms with Gasteiger partial charge in [0.1, 0.15) is 11.9 Å². The van der Waals surface area contributed by atoms with Crippen LogP contribution in [0.4, 0.5) is 5.82 Å². The number of benzene rings is 1. The zero-order chi connectivity index (χ0) is 20.0. The topological polar surface area (TPSA) is 103 Å². The van der Waals surface area contributed by atoms with Crippen molar-refractivity contribution in [1.82, 2.24) is 19.8 Å². The molecular weight excluding hydrogens is 350 g/mol. The van der Waals surface area contributed by atoms with Crippen LogP contribution in [0.3, 0.4) is 0 Å². The molecule has 9 nitrogen and oxygen atoms in total. The molecule has 2 aromatic rings. The third-order valence-electron chi connectivity index (χ3n) is 4.35. The smallest absolute Gasteiger partial charge is 0.381 e. The first-order chi connectivity index (χ1) is 12.8. The van der Waals surface area contributed by atoms with Gasteiger partial charge in [0.25, 0.3) is 0 Å². The van der Waals surface area contributed by atoms with Crippen molar-refractivity contribution < 1.29 is 14.5 Å². The Hall–Kier alpha value is -2.94. The predicted octanol–water partition coefficient (Wildman–Crippen LogP) is 1.92. The summed E-state index contributed by atoms with van der Waals surface area (Å²) in [5.41, 5.74) is 1.07. The van der Waals surface area contributed by atoms with E-state index in [2.05, 4.69) is 10.3 Å². The molecule has 27 heavy (non-hydrogen) atoms. The van der Waals surface area contributed by atoms with Crippen LogP contribution in [0.1, 0.15) is 23.9 Å². The SMILES string of the molecule is COc1ccc(C(CNC(=O)CCn2cc([N+](=O)[O-])nc2C)N(C)C)cc1. The van der Waals surface area contributed by atoms with Gasteiger partial charge in [0.15, 0.2) is 0 Å². The van der Waals surface area contributed by atoms with E-state index in [1.54, 1.807) is 18.6 Å². The van der Waals surface area contributed by atoms with Gasteiger partial charge in [-0.1, -0.05) is 12.1 Å². The molecule has 1 unspecified atom stereocenters. The van der Waals surface area contributed by atoms with Gasteiger partial charge >= 0.3 is 5.82 Å². The average molecular weight is 375 g/mol. The minimum Gasteiger partial charge on any atom is -0.497 e. The number of amides is 1. The van der Waals surface area contributed by atoms with Crippen molar-refractivity contribution in [3.63, 3.8) is 0 Å². The molecule has 0 radical (unpaired) electrons. The molecule has 1 aromatic carbocycles. The van der Waals surface area contributed by atoms with Gasteiger partial charge in [-0.15, -0.1) is 0 Å². The first kappa shape index (κ1) is 20.4. The van der Waals surface area contributed by atoms with E-state index in [0.717, 1.165) is 11.3 Å². The molecule has 0 bridgehead atoms. The van der Waals surface area contributed by atoms with E-state index < -0.39 is 4.92 Å². The number of ether oxygens (including phenoxy) is 1. The average Bonchev–Trinajstić information content (AvgIpc) is 3.01. The highest BCUT2D eigenvalue weighted by molar-refractivity contribution is 5.75. The van der Waals surface area contributed by atoms with Crippen LogP contribution in [0, 0.1) is 17.0 Å². The molecule has 1 aromatic heterocycles. The summed E-state index contributed by atoms with van der Waals surface area (Å²) in [6, 6.07) is 7.76. The van der Waals surface area contributed by atoms with E-state index in [1.165, 1.54) is 6.20 Å². The first-order valence-corrected chi connectivity index (χ1v) is 8.57. The van der Waals surface area contributed by atoms with Crippen molar-refractivity contribution in [3.8, 4) is 5.75 Å². The van der Waals surface area contributed by atoms with Gasteiger partial charge in [-0.05, 0) is 41.7 Å². The number of aromatic nitrogens is 2. The van der Waals surface area contributed by atoms with Crippen molar-refractivity contribution in [1.29, 1.82) is 0 Å². The number of nitrogens with one attached hydrogen (secondary N) is 1. The zero-order valence-corrected chi connectivity index (χ0v) is 16.0. The lowest BCUT2D eigenvalue weighted by Gasteiger charge is -2.25. The number of aryl methyl sites for hydroxylation is 2. The standard InChI is InChI=1S/C18H25N5O4/c1-13-20-17(23(25)26)12-22(13)10-9-18(24)19-11-16(21(2)3)14-5-7-15(27-4)8-6-14/h5-8,12,16H,9-11H2,1-4H3,(H,19,24). The van der Waals surface area contributed by atoms with Crippen LogP contribution in [-0.4, -0.2) is 53.0 Å². The second-order valence-electron chi connectivity index (χ2n) is 6.40. The van der Waals surface area contributed by atoms with Gasteiger partial charge in [-0.25, -0.2) is 0 Å². The van der Waals surface area contributed by atoms with Crippen LogP contribution in [-0.2, 0) is 11.3 Å². The van der Waals surface area contributed by atoms with Crippen LogP contribution in [0.2, 0.25) is 0 Å². The van der Waals surface area contributed by atoms with Crippen LogP contribution in [0.5, 0.6) is 5.75 Å². The van der Waals surface area contributed by atoms with Gasteiger partial charge in [0.2, 0.25) is 11.7 Å². The third-order valence-corrected chi connectivity index (χ3v) is 4.35. The molecule has 1 amide bonds. The maximum Gasteiger partial charge on any atom is 0.381 e. The van der Waals surface area contributed by atoms with Gasteiger partial charge in [-0.3, -0.25) is 4.79 Å². The number of hydrogen-bond donors (Lipinski definition) is 1. The highest BCUT2D eigenvalue weighted by Crippen LogP contribution is 2.20. The lowest BCUT2D eigenvalue weighted by molar-refractivity contribution is -0.389. The fourth-order valence-corrected chi connectivity index (χ4v) is 2.75. The number of nitrogens with zero attached hydrogens (tertiary/aromatic N) is 4. The number of carbonyl (C=O) groups excluding carboxylic acids is 1. The Morgan fingerprint density at radius 1 is 1.37 bits per heavy atom. The van der Waals surface area contributed by atoms with E-state index >= 15 is 0 Å². The summed E-state index contributed by atoms with van der Waals surface area (Å²) in [5.74, 6) is 0.968. The molecule has 1 atom stereocenters. The predicted molar refractivity (Wildman–Crippen MR) is 101 cm³/mol. The minimum absolute atomic E-state index is 0.0240. The van der Waals surface area contributed by atoms with Crippen LogP contribution < -0.4 is 10.1 Å². The Morgan fingerprint density at radius 3 is 2.56 bits per heavy atom. The normalized spacial score (nSPS) is 12.0. The van der Waals surface area contributed by atoms with E-state index in [-0.39, 0.29) is 24.2 Å². The summed E-state index contributed by atoms with van der Waals surface area (Å²) < 4.78 is 6.79. The molecular formula is C18H25N5O4. The number of hydrogen-bond acceptors (Lipinski definition) is 6. The summed E-state index contributed by atoms with van der Waals surface area (Å²) in [6.45, 7) is 2.48. The van der Waals surface area contributed by atoms with Crippen molar-refractivity contribution in [2.75, 3.05) is 27.7 Å². The second-order valence-corrected chi connectivity index (χ2v) is 6.40. The van der Waals surface area contributed by atoms with E-state index in [1.807, 2.05) is 43.3 Å². The van der Waals surface area contributed by atoms with Crippen molar-refractivity contribution in [3.05, 3.63) is 52.0 Å². The molecule has 0 aliphatic rings. The van der Waals surface area contributed by atoms with Crippen molar-refractivity contribution in [2.45, 2.75) is 25.9 Å². The number of likely N-dealkylation sites (N-methyl/N-ethyl adjacent to an activating group) is 1. The van der Waals surface area contributed by atoms with Crippen LogP contribution in [0.25, 0.3) is 0 Å². The van der Waals surface area contributed by atoms with Gasteiger partial charge < -0.3 is 29.6 Å². The number of imidazole rings is 1. The number of methoxy groups -OCH3 is 1. The summed E-state index contributed by atoms with van der Waals surface area (Å²) in [7, 11) is 5.53. The molecule has 2 rings (SSSR count). The number of carbonyl (C=O) groups is 1. The summed E-state index contributed by atoms with van der Waals surface area (Å²) in [4.78, 5) is 28.3. The minimum atomic E-state index is -0.542. The van der Waals surface area contributed by atoms with Gasteiger partial charge in [0, 0.05) is 26.4 Å². The molecule has 0 aliphatic heterocycles. The molecule has 0 saturated carbocycles. The third kappa shape index (κ3) is 5.52. The first-order valence-electron chi connectivity index (χ1n) is 8.57. The summed E-state index contributed by atoms with van der Waals surface area (Å²) in [6.07, 6.45) is 1.57. The Kier molecular flexibility index (Phi) is 6.89. The molecule has 1 heterocycles. The maximum atomic E-state index is 12.2. The molecule has 0 fully saturated rings. The molecule has 0 aliphatic carbocycles. The largest absolute Gasteiger partial charge is 0.497 e. The fraction of sp³-hybridized carbons (Fsp3) is 0.444. The molecule has 0 spiro atoms. The fourth-order valence-electron chi connectivity index (χ4n) is 2.75. The van der Waals surface area contributed by atoms with Gasteiger partial charge in [-0.2, -0.15) is 0 Å². The lowest BCUT2D eigenvalue weighted by atomic mass is 10.1.